The summed E-state index contributed by atoms with van der Waals surface area (Å²) >= 11 is 0. The first-order valence-electron chi connectivity index (χ1n) is 5.69. The van der Waals surface area contributed by atoms with Crippen LogP contribution < -0.4 is 16.2 Å². The summed E-state index contributed by atoms with van der Waals surface area (Å²) in [5.41, 5.74) is 10.0. The molecule has 1 amide bonds. The lowest BCUT2D eigenvalue weighted by atomic mass is 9.93. The number of nitriles is 1. The van der Waals surface area contributed by atoms with E-state index in [1.54, 1.807) is 0 Å². The number of nitrogens with zero attached hydrogens (tertiary/aromatic N) is 1. The predicted molar refractivity (Wildman–Crippen MR) is 73.7 cm³/mol. The van der Waals surface area contributed by atoms with Gasteiger partial charge < -0.3 is 11.5 Å². The number of anilines is 1. The molecular formula is C12H16N4O3S. The van der Waals surface area contributed by atoms with Crippen molar-refractivity contribution in [2.24, 2.45) is 11.1 Å². The Kier molecular flexibility index (Phi) is 4.37. The number of carbonyl (C=O) groups excluding carboxylic acids is 1. The van der Waals surface area contributed by atoms with Gasteiger partial charge in [-0.1, -0.05) is 0 Å². The van der Waals surface area contributed by atoms with E-state index < -0.39 is 21.3 Å². The minimum atomic E-state index is -3.87. The second-order valence-electron chi connectivity index (χ2n) is 4.94. The van der Waals surface area contributed by atoms with Gasteiger partial charge in [0.15, 0.2) is 0 Å². The van der Waals surface area contributed by atoms with E-state index in [9.17, 15) is 13.2 Å². The van der Waals surface area contributed by atoms with Gasteiger partial charge >= 0.3 is 0 Å². The Morgan fingerprint density at radius 1 is 1.45 bits per heavy atom. The van der Waals surface area contributed by atoms with Crippen molar-refractivity contribution in [2.45, 2.75) is 18.7 Å². The molecule has 0 saturated heterocycles. The molecule has 5 N–H and O–H groups in total. The van der Waals surface area contributed by atoms with Crippen LogP contribution in [-0.4, -0.2) is 20.9 Å². The summed E-state index contributed by atoms with van der Waals surface area (Å²) in [4.78, 5) is 11.0. The number of benzene rings is 1. The maximum absolute atomic E-state index is 12.1. The van der Waals surface area contributed by atoms with Crippen molar-refractivity contribution >= 4 is 21.6 Å². The van der Waals surface area contributed by atoms with Gasteiger partial charge in [0.1, 0.15) is 4.90 Å². The van der Waals surface area contributed by atoms with Gasteiger partial charge in [-0.3, -0.25) is 4.79 Å². The summed E-state index contributed by atoms with van der Waals surface area (Å²) in [5, 5.41) is 8.70. The number of nitrogens with one attached hydrogen (secondary N) is 1. The van der Waals surface area contributed by atoms with Crippen molar-refractivity contribution in [1.82, 2.24) is 4.72 Å². The lowest BCUT2D eigenvalue weighted by Gasteiger charge is -2.21. The van der Waals surface area contributed by atoms with Gasteiger partial charge in [-0.2, -0.15) is 5.26 Å². The summed E-state index contributed by atoms with van der Waals surface area (Å²) in [7, 11) is -3.87. The number of nitrogens with two attached hydrogens (primary N) is 2. The molecule has 0 spiro atoms. The largest absolute Gasteiger partial charge is 0.398 e. The Balaban J connectivity index is 3.02. The number of amides is 1. The number of primary amides is 1. The summed E-state index contributed by atoms with van der Waals surface area (Å²) in [6.45, 7) is 2.91. The van der Waals surface area contributed by atoms with Crippen LogP contribution in [0.25, 0.3) is 0 Å². The summed E-state index contributed by atoms with van der Waals surface area (Å²) < 4.78 is 26.5. The van der Waals surface area contributed by atoms with Gasteiger partial charge in [0, 0.05) is 6.54 Å². The average Bonchev–Trinajstić information content (AvgIpc) is 2.36. The first-order chi connectivity index (χ1) is 9.10. The normalized spacial score (nSPS) is 11.8. The van der Waals surface area contributed by atoms with Crippen LogP contribution in [-0.2, 0) is 14.8 Å². The van der Waals surface area contributed by atoms with Crippen molar-refractivity contribution < 1.29 is 13.2 Å². The minimum Gasteiger partial charge on any atom is -0.398 e. The topological polar surface area (TPSA) is 139 Å². The van der Waals surface area contributed by atoms with Crippen molar-refractivity contribution in [3.63, 3.8) is 0 Å². The highest BCUT2D eigenvalue weighted by atomic mass is 32.2. The van der Waals surface area contributed by atoms with Gasteiger partial charge in [-0.15, -0.1) is 0 Å². The van der Waals surface area contributed by atoms with Crippen molar-refractivity contribution in [3.05, 3.63) is 23.8 Å². The maximum Gasteiger partial charge on any atom is 0.242 e. The molecule has 1 aromatic rings. The predicted octanol–water partition coefficient (Wildman–Crippen LogP) is -0.0697. The lowest BCUT2D eigenvalue weighted by molar-refractivity contribution is -0.125. The van der Waals surface area contributed by atoms with E-state index in [-0.39, 0.29) is 22.7 Å². The van der Waals surface area contributed by atoms with E-state index in [0.717, 1.165) is 0 Å². The molecule has 0 radical (unpaired) electrons. The zero-order valence-electron chi connectivity index (χ0n) is 11.2. The quantitative estimate of drug-likeness (QED) is 0.653. The second-order valence-corrected chi connectivity index (χ2v) is 6.67. The monoisotopic (exact) mass is 296 g/mol. The van der Waals surface area contributed by atoms with Crippen LogP contribution in [0.1, 0.15) is 19.4 Å². The highest BCUT2D eigenvalue weighted by molar-refractivity contribution is 7.89. The molecule has 20 heavy (non-hydrogen) atoms. The highest BCUT2D eigenvalue weighted by Gasteiger charge is 2.28. The van der Waals surface area contributed by atoms with Gasteiger partial charge in [-0.25, -0.2) is 13.1 Å². The summed E-state index contributed by atoms with van der Waals surface area (Å²) in [6, 6.07) is 5.73. The number of nitrogen functional groups attached to an aromatic ring is 1. The first-order valence-corrected chi connectivity index (χ1v) is 7.17. The average molecular weight is 296 g/mol. The molecule has 0 aliphatic rings. The molecule has 8 heteroatoms. The number of carbonyl (C=O) groups is 1. The number of hydrogen-bond acceptors (Lipinski definition) is 5. The summed E-state index contributed by atoms with van der Waals surface area (Å²) in [5.74, 6) is -0.618. The smallest absolute Gasteiger partial charge is 0.242 e. The van der Waals surface area contributed by atoms with E-state index in [0.29, 0.717) is 0 Å². The Morgan fingerprint density at radius 2 is 2.05 bits per heavy atom. The Labute approximate surface area is 117 Å². The van der Waals surface area contributed by atoms with E-state index in [1.807, 2.05) is 6.07 Å². The third-order valence-corrected chi connectivity index (χ3v) is 4.27. The van der Waals surface area contributed by atoms with E-state index in [1.165, 1.54) is 32.0 Å². The van der Waals surface area contributed by atoms with Gasteiger partial charge in [0.2, 0.25) is 15.9 Å². The molecule has 0 aliphatic heterocycles. The van der Waals surface area contributed by atoms with Crippen LogP contribution in [0.3, 0.4) is 0 Å². The molecule has 0 atom stereocenters. The van der Waals surface area contributed by atoms with Crippen LogP contribution >= 0.6 is 0 Å². The zero-order chi connectivity index (χ0) is 15.6. The van der Waals surface area contributed by atoms with E-state index in [4.69, 9.17) is 16.7 Å². The number of sulfonamides is 1. The molecule has 0 aromatic heterocycles. The molecule has 0 unspecified atom stereocenters. The van der Waals surface area contributed by atoms with Crippen LogP contribution in [0.4, 0.5) is 5.69 Å². The summed E-state index contributed by atoms with van der Waals surface area (Å²) in [6.07, 6.45) is 0. The van der Waals surface area contributed by atoms with Crippen molar-refractivity contribution in [3.8, 4) is 6.07 Å². The number of rotatable bonds is 5. The van der Waals surface area contributed by atoms with Gasteiger partial charge in [0.25, 0.3) is 0 Å². The molecule has 0 aliphatic carbocycles. The van der Waals surface area contributed by atoms with Gasteiger partial charge in [-0.05, 0) is 32.0 Å². The fraction of sp³-hybridized carbons (Fsp3) is 0.333. The minimum absolute atomic E-state index is 0.0339. The molecule has 0 heterocycles. The molecule has 0 fully saturated rings. The van der Waals surface area contributed by atoms with E-state index in [2.05, 4.69) is 4.72 Å². The van der Waals surface area contributed by atoms with Crippen molar-refractivity contribution in [1.29, 1.82) is 5.26 Å². The highest BCUT2D eigenvalue weighted by Crippen LogP contribution is 2.20. The van der Waals surface area contributed by atoms with Crippen LogP contribution in [0.5, 0.6) is 0 Å². The Hall–Kier alpha value is -2.11. The standard InChI is InChI=1S/C12H16N4O3S/c1-12(2,11(15)17)7-16-20(18,19)10-4-3-8(6-13)5-9(10)14/h3-5,16H,7,14H2,1-2H3,(H2,15,17). The SMILES string of the molecule is CC(C)(CNS(=O)(=O)c1ccc(C#N)cc1N)C(N)=O. The first kappa shape index (κ1) is 15.9. The fourth-order valence-electron chi connectivity index (χ4n) is 1.30. The van der Waals surface area contributed by atoms with Crippen LogP contribution in [0, 0.1) is 16.7 Å². The van der Waals surface area contributed by atoms with Crippen LogP contribution in [0.2, 0.25) is 0 Å². The van der Waals surface area contributed by atoms with Crippen molar-refractivity contribution in [2.75, 3.05) is 12.3 Å². The van der Waals surface area contributed by atoms with Gasteiger partial charge in [0.05, 0.1) is 22.7 Å². The Morgan fingerprint density at radius 3 is 2.50 bits per heavy atom. The second kappa shape index (κ2) is 5.48. The zero-order valence-corrected chi connectivity index (χ0v) is 12.0. The van der Waals surface area contributed by atoms with E-state index >= 15 is 0 Å². The molecule has 7 nitrogen and oxygen atoms in total. The molecule has 108 valence electrons. The third-order valence-electron chi connectivity index (χ3n) is 2.80. The molecule has 1 rings (SSSR count). The maximum atomic E-state index is 12.1. The lowest BCUT2D eigenvalue weighted by Crippen LogP contribution is -2.42. The molecule has 1 aromatic carbocycles. The molecular weight excluding hydrogens is 280 g/mol. The third kappa shape index (κ3) is 3.46. The number of hydrogen-bond donors (Lipinski definition) is 3. The molecule has 0 saturated carbocycles. The Bertz CT molecular complexity index is 674. The fourth-order valence-corrected chi connectivity index (χ4v) is 2.63. The van der Waals surface area contributed by atoms with Crippen LogP contribution in [0.15, 0.2) is 23.1 Å². The molecule has 0 bridgehead atoms.